The molecule has 1 saturated heterocycles. The van der Waals surface area contributed by atoms with Crippen molar-refractivity contribution in [2.75, 3.05) is 12.3 Å². The number of benzene rings is 2. The van der Waals surface area contributed by atoms with Crippen molar-refractivity contribution in [3.63, 3.8) is 0 Å². The number of aromatic nitrogens is 2. The predicted molar refractivity (Wildman–Crippen MR) is 117 cm³/mol. The molecule has 3 aromatic rings. The lowest BCUT2D eigenvalue weighted by molar-refractivity contribution is -0.384. The van der Waals surface area contributed by atoms with Crippen LogP contribution in [-0.4, -0.2) is 37.8 Å². The normalized spacial score (nSPS) is 16.1. The van der Waals surface area contributed by atoms with Crippen LogP contribution in [-0.2, 0) is 6.54 Å². The Morgan fingerprint density at radius 2 is 1.93 bits per heavy atom. The Balaban J connectivity index is 1.59. The summed E-state index contributed by atoms with van der Waals surface area (Å²) < 4.78 is 1.64. The molecule has 154 valence electrons. The van der Waals surface area contributed by atoms with E-state index in [0.29, 0.717) is 29.5 Å². The fourth-order valence-electron chi connectivity index (χ4n) is 3.52. The van der Waals surface area contributed by atoms with Crippen LogP contribution in [0.4, 0.5) is 5.69 Å². The van der Waals surface area contributed by atoms with Gasteiger partial charge >= 0.3 is 0 Å². The number of rotatable bonds is 5. The van der Waals surface area contributed by atoms with Crippen molar-refractivity contribution in [2.24, 2.45) is 0 Å². The van der Waals surface area contributed by atoms with Crippen LogP contribution in [0, 0.1) is 17.0 Å². The smallest absolute Gasteiger partial charge is 0.269 e. The third kappa shape index (κ3) is 3.93. The van der Waals surface area contributed by atoms with Crippen molar-refractivity contribution in [2.45, 2.75) is 18.8 Å². The Bertz CT molecular complexity index is 1090. The standard InChI is InChI=1S/C21H19ClN4O3S/c1-14-18(19(22)25(23-14)13-15-5-3-2-4-6-15)20(27)24-11-12-30-21(24)16-7-9-17(10-8-16)26(28)29/h2-10,21H,11-13H2,1H3. The van der Waals surface area contributed by atoms with Crippen molar-refractivity contribution in [1.29, 1.82) is 0 Å². The van der Waals surface area contributed by atoms with E-state index in [-0.39, 0.29) is 17.0 Å². The Morgan fingerprint density at radius 1 is 1.23 bits per heavy atom. The highest BCUT2D eigenvalue weighted by atomic mass is 35.5. The van der Waals surface area contributed by atoms with Crippen LogP contribution in [0.25, 0.3) is 0 Å². The molecule has 0 bridgehead atoms. The molecule has 1 aliphatic rings. The van der Waals surface area contributed by atoms with Crippen LogP contribution in [0.1, 0.15) is 32.6 Å². The number of nitro groups is 1. The summed E-state index contributed by atoms with van der Waals surface area (Å²) in [6.07, 6.45) is 0. The summed E-state index contributed by atoms with van der Waals surface area (Å²) >= 11 is 8.20. The molecule has 9 heteroatoms. The molecule has 2 aromatic carbocycles. The summed E-state index contributed by atoms with van der Waals surface area (Å²) in [5, 5.41) is 15.5. The minimum Gasteiger partial charge on any atom is -0.322 e. The van der Waals surface area contributed by atoms with Crippen LogP contribution in [0.15, 0.2) is 54.6 Å². The fraction of sp³-hybridized carbons (Fsp3) is 0.238. The fourth-order valence-corrected chi connectivity index (χ4v) is 5.09. The van der Waals surface area contributed by atoms with Crippen LogP contribution < -0.4 is 0 Å². The first-order valence-electron chi connectivity index (χ1n) is 9.39. The zero-order chi connectivity index (χ0) is 21.3. The Labute approximate surface area is 182 Å². The van der Waals surface area contributed by atoms with E-state index in [4.69, 9.17) is 11.6 Å². The quantitative estimate of drug-likeness (QED) is 0.423. The van der Waals surface area contributed by atoms with Crippen LogP contribution in [0.2, 0.25) is 5.15 Å². The molecular formula is C21H19ClN4O3S. The summed E-state index contributed by atoms with van der Waals surface area (Å²) in [5.41, 5.74) is 2.91. The van der Waals surface area contributed by atoms with Crippen molar-refractivity contribution >= 4 is 35.0 Å². The SMILES string of the molecule is Cc1nn(Cc2ccccc2)c(Cl)c1C(=O)N1CCSC1c1ccc([N+](=O)[O-])cc1. The summed E-state index contributed by atoms with van der Waals surface area (Å²) in [5.74, 6) is 0.604. The van der Waals surface area contributed by atoms with Gasteiger partial charge in [-0.15, -0.1) is 11.8 Å². The Kier molecular flexibility index (Phi) is 5.78. The van der Waals surface area contributed by atoms with E-state index in [2.05, 4.69) is 5.10 Å². The highest BCUT2D eigenvalue weighted by Crippen LogP contribution is 2.40. The first-order valence-corrected chi connectivity index (χ1v) is 10.8. The van der Waals surface area contributed by atoms with E-state index >= 15 is 0 Å². The molecule has 1 atom stereocenters. The van der Waals surface area contributed by atoms with Gasteiger partial charge in [0.2, 0.25) is 0 Å². The summed E-state index contributed by atoms with van der Waals surface area (Å²) in [4.78, 5) is 25.6. The highest BCUT2D eigenvalue weighted by molar-refractivity contribution is 7.99. The Morgan fingerprint density at radius 3 is 2.60 bits per heavy atom. The van der Waals surface area contributed by atoms with Gasteiger partial charge in [0.15, 0.2) is 0 Å². The van der Waals surface area contributed by atoms with E-state index in [1.165, 1.54) is 12.1 Å². The van der Waals surface area contributed by atoms with Gasteiger partial charge in [-0.1, -0.05) is 41.9 Å². The molecule has 1 aromatic heterocycles. The van der Waals surface area contributed by atoms with Gasteiger partial charge in [0.1, 0.15) is 10.5 Å². The maximum Gasteiger partial charge on any atom is 0.269 e. The van der Waals surface area contributed by atoms with Gasteiger partial charge in [-0.3, -0.25) is 14.9 Å². The molecule has 1 fully saturated rings. The van der Waals surface area contributed by atoms with Crippen molar-refractivity contribution in [3.8, 4) is 0 Å². The molecule has 1 amide bonds. The number of thioether (sulfide) groups is 1. The van der Waals surface area contributed by atoms with E-state index in [1.54, 1.807) is 40.4 Å². The van der Waals surface area contributed by atoms with Gasteiger partial charge in [-0.2, -0.15) is 5.10 Å². The molecule has 0 saturated carbocycles. The van der Waals surface area contributed by atoms with Gasteiger partial charge < -0.3 is 4.90 Å². The van der Waals surface area contributed by atoms with Crippen LogP contribution in [0.3, 0.4) is 0 Å². The first-order chi connectivity index (χ1) is 14.5. The number of carbonyl (C=O) groups is 1. The largest absolute Gasteiger partial charge is 0.322 e. The van der Waals surface area contributed by atoms with E-state index < -0.39 is 4.92 Å². The maximum absolute atomic E-state index is 13.4. The number of carbonyl (C=O) groups excluding carboxylic acids is 1. The average Bonchev–Trinajstić information content (AvgIpc) is 3.33. The number of halogens is 1. The van der Waals surface area contributed by atoms with Crippen LogP contribution in [0.5, 0.6) is 0 Å². The highest BCUT2D eigenvalue weighted by Gasteiger charge is 2.34. The second-order valence-corrected chi connectivity index (χ2v) is 8.51. The molecule has 0 N–H and O–H groups in total. The minimum absolute atomic E-state index is 0.0284. The molecule has 0 spiro atoms. The number of hydrogen-bond acceptors (Lipinski definition) is 5. The van der Waals surface area contributed by atoms with Crippen molar-refractivity contribution in [1.82, 2.24) is 14.7 Å². The predicted octanol–water partition coefficient (Wildman–Crippen LogP) is 4.69. The molecule has 0 radical (unpaired) electrons. The maximum atomic E-state index is 13.4. The molecule has 0 aliphatic carbocycles. The molecule has 1 unspecified atom stereocenters. The third-order valence-corrected chi connectivity index (χ3v) is 6.64. The molecular weight excluding hydrogens is 424 g/mol. The molecule has 7 nitrogen and oxygen atoms in total. The molecule has 4 rings (SSSR count). The van der Waals surface area contributed by atoms with Gasteiger partial charge in [-0.25, -0.2) is 4.68 Å². The lowest BCUT2D eigenvalue weighted by Gasteiger charge is -2.24. The molecule has 2 heterocycles. The van der Waals surface area contributed by atoms with Crippen molar-refractivity contribution < 1.29 is 9.72 Å². The van der Waals surface area contributed by atoms with Crippen molar-refractivity contribution in [3.05, 3.63) is 92.2 Å². The number of aryl methyl sites for hydroxylation is 1. The monoisotopic (exact) mass is 442 g/mol. The number of amides is 1. The van der Waals surface area contributed by atoms with Gasteiger partial charge in [-0.05, 0) is 30.2 Å². The Hall–Kier alpha value is -2.84. The van der Waals surface area contributed by atoms with E-state index in [0.717, 1.165) is 16.9 Å². The van der Waals surface area contributed by atoms with Gasteiger partial charge in [0.05, 0.1) is 22.7 Å². The topological polar surface area (TPSA) is 81.3 Å². The summed E-state index contributed by atoms with van der Waals surface area (Å²) in [6, 6.07) is 16.1. The number of nitrogens with zero attached hydrogens (tertiary/aromatic N) is 4. The first kappa shape index (κ1) is 20.4. The summed E-state index contributed by atoms with van der Waals surface area (Å²) in [6.45, 7) is 2.84. The summed E-state index contributed by atoms with van der Waals surface area (Å²) in [7, 11) is 0. The van der Waals surface area contributed by atoms with E-state index in [1.807, 2.05) is 30.3 Å². The van der Waals surface area contributed by atoms with Crippen LogP contribution >= 0.6 is 23.4 Å². The van der Waals surface area contributed by atoms with Gasteiger partial charge in [0, 0.05) is 24.4 Å². The number of non-ortho nitro benzene ring substituents is 1. The minimum atomic E-state index is -0.432. The number of hydrogen-bond donors (Lipinski definition) is 0. The lowest BCUT2D eigenvalue weighted by atomic mass is 10.1. The van der Waals surface area contributed by atoms with E-state index in [9.17, 15) is 14.9 Å². The van der Waals surface area contributed by atoms with Gasteiger partial charge in [0.25, 0.3) is 11.6 Å². The second kappa shape index (κ2) is 8.49. The average molecular weight is 443 g/mol. The zero-order valence-electron chi connectivity index (χ0n) is 16.2. The lowest BCUT2D eigenvalue weighted by Crippen LogP contribution is -2.31. The number of nitro benzene ring substituents is 1. The molecule has 1 aliphatic heterocycles. The zero-order valence-corrected chi connectivity index (χ0v) is 17.8. The third-order valence-electron chi connectivity index (χ3n) is 5.00. The molecule has 30 heavy (non-hydrogen) atoms. The second-order valence-electron chi connectivity index (χ2n) is 6.96.